The number of hydrogen-bond donors (Lipinski definition) is 0. The predicted octanol–water partition coefficient (Wildman–Crippen LogP) is 4.11. The lowest BCUT2D eigenvalue weighted by Crippen LogP contribution is -2.38. The lowest BCUT2D eigenvalue weighted by molar-refractivity contribution is -0.122. The third kappa shape index (κ3) is 4.36. The van der Waals surface area contributed by atoms with Gasteiger partial charge in [-0.2, -0.15) is 0 Å². The van der Waals surface area contributed by atoms with Crippen molar-refractivity contribution >= 4 is 56.9 Å². The van der Waals surface area contributed by atoms with Crippen molar-refractivity contribution in [3.05, 3.63) is 45.1 Å². The third-order valence-corrected chi connectivity index (χ3v) is 7.28. The molecule has 1 aromatic heterocycles. The van der Waals surface area contributed by atoms with Crippen molar-refractivity contribution in [1.29, 1.82) is 0 Å². The normalized spacial score (nSPS) is 18.6. The Morgan fingerprint density at radius 3 is 2.59 bits per heavy atom. The Morgan fingerprint density at radius 1 is 1.19 bits per heavy atom. The highest BCUT2D eigenvalue weighted by atomic mass is 32.2. The van der Waals surface area contributed by atoms with Crippen molar-refractivity contribution in [2.24, 2.45) is 5.92 Å². The monoisotopic (exact) mass is 471 g/mol. The van der Waals surface area contributed by atoms with E-state index in [1.807, 2.05) is 25.1 Å². The van der Waals surface area contributed by atoms with Gasteiger partial charge in [-0.25, -0.2) is 0 Å². The number of aryl methyl sites for hydroxylation is 1. The summed E-state index contributed by atoms with van der Waals surface area (Å²) in [5.41, 5.74) is 2.26. The minimum atomic E-state index is -0.107. The number of carbonyl (C=O) groups excluding carboxylic acids is 1. The molecule has 0 atom stereocenters. The van der Waals surface area contributed by atoms with Gasteiger partial charge in [-0.15, -0.1) is 0 Å². The maximum absolute atomic E-state index is 13.6. The molecule has 2 aliphatic rings. The number of amides is 1. The highest BCUT2D eigenvalue weighted by Crippen LogP contribution is 2.36. The number of thiocarbonyl (C=S) groups is 1. The number of rotatable bonds is 6. The van der Waals surface area contributed by atoms with E-state index in [1.54, 1.807) is 15.5 Å². The van der Waals surface area contributed by atoms with E-state index in [2.05, 4.69) is 24.8 Å². The molecule has 2 saturated heterocycles. The average Bonchev–Trinajstić information content (AvgIpc) is 3.05. The first kappa shape index (κ1) is 23.0. The zero-order valence-corrected chi connectivity index (χ0v) is 20.4. The number of hydrogen-bond acceptors (Lipinski definition) is 6. The number of benzene rings is 1. The molecule has 8 heteroatoms. The van der Waals surface area contributed by atoms with Gasteiger partial charge in [0.25, 0.3) is 11.5 Å². The molecule has 1 amide bonds. The van der Waals surface area contributed by atoms with Crippen molar-refractivity contribution in [1.82, 2.24) is 9.47 Å². The zero-order valence-electron chi connectivity index (χ0n) is 18.8. The number of nitrogens with zero attached hydrogens (tertiary/aromatic N) is 3. The summed E-state index contributed by atoms with van der Waals surface area (Å²) in [5.74, 6) is 0.373. The molecule has 4 rings (SSSR count). The Hall–Kier alpha value is -2.16. The number of ether oxygens (including phenoxy) is 1. The van der Waals surface area contributed by atoms with E-state index in [4.69, 9.17) is 17.0 Å². The molecular weight excluding hydrogens is 442 g/mol. The molecule has 6 nitrogen and oxygen atoms in total. The molecule has 2 fully saturated rings. The number of pyridine rings is 1. The Labute approximate surface area is 198 Å². The summed E-state index contributed by atoms with van der Waals surface area (Å²) in [4.78, 5) is 31.2. The lowest BCUT2D eigenvalue weighted by Gasteiger charge is -2.31. The van der Waals surface area contributed by atoms with Crippen LogP contribution in [0.5, 0.6) is 0 Å². The molecule has 0 N–H and O–H groups in total. The lowest BCUT2D eigenvalue weighted by atomic mass is 10.1. The molecular formula is C24H29N3O3S2. The van der Waals surface area contributed by atoms with Crippen molar-refractivity contribution < 1.29 is 9.53 Å². The number of morpholine rings is 1. The Morgan fingerprint density at radius 2 is 1.91 bits per heavy atom. The first-order chi connectivity index (χ1) is 15.4. The fourth-order valence-corrected chi connectivity index (χ4v) is 5.48. The van der Waals surface area contributed by atoms with Gasteiger partial charge in [0, 0.05) is 31.6 Å². The van der Waals surface area contributed by atoms with Crippen molar-refractivity contribution in [2.75, 3.05) is 37.7 Å². The fraction of sp³-hybridized carbons (Fsp3) is 0.458. The number of aromatic nitrogens is 1. The second-order valence-corrected chi connectivity index (χ2v) is 10.1. The van der Waals surface area contributed by atoms with Gasteiger partial charge in [-0.3, -0.25) is 14.5 Å². The van der Waals surface area contributed by atoms with Gasteiger partial charge in [0.1, 0.15) is 4.32 Å². The molecule has 0 radical (unpaired) electrons. The predicted molar refractivity (Wildman–Crippen MR) is 136 cm³/mol. The van der Waals surface area contributed by atoms with Crippen LogP contribution in [0.4, 0.5) is 5.69 Å². The first-order valence-corrected chi connectivity index (χ1v) is 12.4. The molecule has 170 valence electrons. The summed E-state index contributed by atoms with van der Waals surface area (Å²) in [6.07, 6.45) is 2.65. The molecule has 0 saturated carbocycles. The molecule has 32 heavy (non-hydrogen) atoms. The van der Waals surface area contributed by atoms with Crippen LogP contribution in [0, 0.1) is 5.92 Å². The van der Waals surface area contributed by atoms with E-state index < -0.39 is 0 Å². The van der Waals surface area contributed by atoms with Crippen LogP contribution in [-0.2, 0) is 16.1 Å². The second-order valence-electron chi connectivity index (χ2n) is 8.44. The quantitative estimate of drug-likeness (QED) is 0.467. The molecule has 0 bridgehead atoms. The molecule has 1 aromatic carbocycles. The number of fused-ring (bicyclic) bond motifs is 1. The van der Waals surface area contributed by atoms with Crippen molar-refractivity contribution in [2.45, 2.75) is 33.7 Å². The summed E-state index contributed by atoms with van der Waals surface area (Å²) < 4.78 is 7.89. The van der Waals surface area contributed by atoms with Crippen LogP contribution in [-0.4, -0.2) is 52.5 Å². The van der Waals surface area contributed by atoms with Crippen LogP contribution in [0.15, 0.2) is 34.0 Å². The highest BCUT2D eigenvalue weighted by molar-refractivity contribution is 8.26. The van der Waals surface area contributed by atoms with E-state index in [9.17, 15) is 9.59 Å². The summed E-state index contributed by atoms with van der Waals surface area (Å²) in [6, 6.07) is 7.98. The minimum absolute atomic E-state index is 0.0832. The maximum atomic E-state index is 13.6. The fourth-order valence-electron chi connectivity index (χ4n) is 4.19. The number of carbonyl (C=O) groups is 1. The summed E-state index contributed by atoms with van der Waals surface area (Å²) in [5, 5.41) is 1.01. The van der Waals surface area contributed by atoms with Crippen LogP contribution in [0.25, 0.3) is 17.0 Å². The first-order valence-electron chi connectivity index (χ1n) is 11.2. The van der Waals surface area contributed by atoms with Crippen molar-refractivity contribution in [3.8, 4) is 0 Å². The molecule has 0 unspecified atom stereocenters. The van der Waals surface area contributed by atoms with Crippen LogP contribution in [0.3, 0.4) is 0 Å². The zero-order chi connectivity index (χ0) is 22.8. The van der Waals surface area contributed by atoms with E-state index in [0.717, 1.165) is 23.0 Å². The minimum Gasteiger partial charge on any atom is -0.378 e. The Balaban J connectivity index is 1.86. The SMILES string of the molecule is CCn1c(=O)c(C=C2SC(=S)N(CCC(C)C)C2=O)c(N2CCOCC2)c2ccccc21. The van der Waals surface area contributed by atoms with Gasteiger partial charge >= 0.3 is 0 Å². The topological polar surface area (TPSA) is 54.8 Å². The number of para-hydroxylation sites is 1. The number of thioether (sulfide) groups is 1. The Kier molecular flexibility index (Phi) is 7.02. The van der Waals surface area contributed by atoms with Crippen LogP contribution < -0.4 is 10.5 Å². The standard InChI is InChI=1S/C24H29N3O3S2/c1-4-26-19-8-6-5-7-17(19)21(25-11-13-30-14-12-25)18(22(26)28)15-20-23(29)27(24(31)32-20)10-9-16(2)3/h5-8,15-16H,4,9-14H2,1-3H3. The Bertz CT molecular complexity index is 1130. The van der Waals surface area contributed by atoms with Crippen LogP contribution in [0.1, 0.15) is 32.8 Å². The number of anilines is 1. The largest absolute Gasteiger partial charge is 0.378 e. The van der Waals surface area contributed by atoms with Gasteiger partial charge < -0.3 is 14.2 Å². The maximum Gasteiger partial charge on any atom is 0.266 e. The average molecular weight is 472 g/mol. The molecule has 2 aliphatic heterocycles. The molecule has 0 aliphatic carbocycles. The van der Waals surface area contributed by atoms with E-state index >= 15 is 0 Å². The molecule has 2 aromatic rings. The van der Waals surface area contributed by atoms with Crippen molar-refractivity contribution in [3.63, 3.8) is 0 Å². The van der Waals surface area contributed by atoms with Gasteiger partial charge in [0.2, 0.25) is 0 Å². The van der Waals surface area contributed by atoms with E-state index in [0.29, 0.717) is 60.1 Å². The third-order valence-electron chi connectivity index (χ3n) is 5.90. The van der Waals surface area contributed by atoms with Gasteiger partial charge in [-0.1, -0.05) is 56.0 Å². The molecule has 0 spiro atoms. The van der Waals surface area contributed by atoms with E-state index in [1.165, 1.54) is 11.8 Å². The summed E-state index contributed by atoms with van der Waals surface area (Å²) in [7, 11) is 0. The van der Waals surface area contributed by atoms with Crippen LogP contribution >= 0.6 is 24.0 Å². The summed E-state index contributed by atoms with van der Waals surface area (Å²) >= 11 is 6.79. The van der Waals surface area contributed by atoms with Gasteiger partial charge in [0.15, 0.2) is 0 Å². The highest BCUT2D eigenvalue weighted by Gasteiger charge is 2.33. The van der Waals surface area contributed by atoms with E-state index in [-0.39, 0.29) is 11.5 Å². The van der Waals surface area contributed by atoms with Gasteiger partial charge in [0.05, 0.1) is 34.9 Å². The smallest absolute Gasteiger partial charge is 0.266 e. The second kappa shape index (κ2) is 9.77. The summed E-state index contributed by atoms with van der Waals surface area (Å²) in [6.45, 7) is 10.0. The van der Waals surface area contributed by atoms with Crippen LogP contribution in [0.2, 0.25) is 0 Å². The molecule has 3 heterocycles. The van der Waals surface area contributed by atoms with Gasteiger partial charge in [-0.05, 0) is 31.4 Å².